The minimum Gasteiger partial charge on any atom is -0.296 e. The minimum atomic E-state index is -3.16. The lowest BCUT2D eigenvalue weighted by atomic mass is 10.0. The Bertz CT molecular complexity index is 1060. The molecule has 1 atom stereocenters. The maximum absolute atomic E-state index is 11.8. The Labute approximate surface area is 158 Å². The standard InChI is InChI=1S/C20H22N2O2S2/c1-14(16-4-6-20-19(12-16)21-13-25-20)22-9-7-15-3-5-18(26(2,23)24)11-17(15)8-10-22/h3-6,11-14H,7-10H2,1-2H3. The van der Waals surface area contributed by atoms with E-state index >= 15 is 0 Å². The second-order valence-corrected chi connectivity index (χ2v) is 9.90. The number of benzene rings is 2. The summed E-state index contributed by atoms with van der Waals surface area (Å²) in [6.45, 7) is 4.14. The van der Waals surface area contributed by atoms with E-state index in [4.69, 9.17) is 0 Å². The molecule has 0 saturated heterocycles. The van der Waals surface area contributed by atoms with E-state index in [2.05, 4.69) is 35.0 Å². The second kappa shape index (κ2) is 6.76. The molecule has 0 saturated carbocycles. The average molecular weight is 387 g/mol. The van der Waals surface area contributed by atoms with E-state index in [1.54, 1.807) is 17.4 Å². The van der Waals surface area contributed by atoms with Gasteiger partial charge in [0.1, 0.15) is 0 Å². The first-order valence-electron chi connectivity index (χ1n) is 8.81. The number of hydrogen-bond donors (Lipinski definition) is 0. The molecule has 0 radical (unpaired) electrons. The molecule has 6 heteroatoms. The van der Waals surface area contributed by atoms with Gasteiger partial charge in [-0.15, -0.1) is 11.3 Å². The van der Waals surface area contributed by atoms with Crippen LogP contribution in [0, 0.1) is 0 Å². The fourth-order valence-electron chi connectivity index (χ4n) is 3.68. The lowest BCUT2D eigenvalue weighted by molar-refractivity contribution is 0.221. The predicted octanol–water partition coefficient (Wildman–Crippen LogP) is 3.86. The molecular weight excluding hydrogens is 364 g/mol. The van der Waals surface area contributed by atoms with Crippen LogP contribution in [-0.4, -0.2) is 37.6 Å². The molecule has 2 heterocycles. The molecule has 136 valence electrons. The zero-order chi connectivity index (χ0) is 18.3. The van der Waals surface area contributed by atoms with Crippen molar-refractivity contribution in [3.8, 4) is 0 Å². The van der Waals surface area contributed by atoms with E-state index in [1.807, 2.05) is 17.6 Å². The van der Waals surface area contributed by atoms with Gasteiger partial charge in [0.05, 0.1) is 20.6 Å². The Morgan fingerprint density at radius 1 is 1.08 bits per heavy atom. The van der Waals surface area contributed by atoms with Gasteiger partial charge in [-0.1, -0.05) is 12.1 Å². The van der Waals surface area contributed by atoms with E-state index < -0.39 is 9.84 Å². The van der Waals surface area contributed by atoms with Crippen LogP contribution in [-0.2, 0) is 22.7 Å². The van der Waals surface area contributed by atoms with Crippen molar-refractivity contribution in [3.05, 3.63) is 58.6 Å². The highest BCUT2D eigenvalue weighted by Crippen LogP contribution is 2.28. The number of fused-ring (bicyclic) bond motifs is 2. The number of sulfone groups is 1. The van der Waals surface area contributed by atoms with Crippen LogP contribution in [0.5, 0.6) is 0 Å². The molecule has 1 aliphatic heterocycles. The summed E-state index contributed by atoms with van der Waals surface area (Å²) in [6, 6.07) is 12.4. The lowest BCUT2D eigenvalue weighted by Gasteiger charge is -2.28. The molecule has 4 nitrogen and oxygen atoms in total. The maximum Gasteiger partial charge on any atom is 0.175 e. The van der Waals surface area contributed by atoms with Crippen LogP contribution in [0.2, 0.25) is 0 Å². The highest BCUT2D eigenvalue weighted by atomic mass is 32.2. The van der Waals surface area contributed by atoms with Crippen LogP contribution < -0.4 is 0 Å². The SMILES string of the molecule is CC(c1ccc2scnc2c1)N1CCc2ccc(S(C)(=O)=O)cc2CC1. The minimum absolute atomic E-state index is 0.310. The first kappa shape index (κ1) is 17.6. The zero-order valence-corrected chi connectivity index (χ0v) is 16.6. The van der Waals surface area contributed by atoms with Crippen LogP contribution in [0.25, 0.3) is 10.2 Å². The van der Waals surface area contributed by atoms with E-state index in [0.717, 1.165) is 37.0 Å². The molecular formula is C20H22N2O2S2. The summed E-state index contributed by atoms with van der Waals surface area (Å²) in [5.41, 5.74) is 6.67. The molecule has 0 amide bonds. The van der Waals surface area contributed by atoms with Gasteiger partial charge in [0.2, 0.25) is 0 Å². The molecule has 0 bridgehead atoms. The van der Waals surface area contributed by atoms with Crippen molar-refractivity contribution in [2.45, 2.75) is 30.7 Å². The summed E-state index contributed by atoms with van der Waals surface area (Å²) in [7, 11) is -3.16. The van der Waals surface area contributed by atoms with Gasteiger partial charge in [-0.05, 0) is 60.7 Å². The Kier molecular flexibility index (Phi) is 4.59. The molecule has 0 N–H and O–H groups in total. The summed E-state index contributed by atoms with van der Waals surface area (Å²) in [5.74, 6) is 0. The summed E-state index contributed by atoms with van der Waals surface area (Å²) >= 11 is 1.67. The molecule has 1 unspecified atom stereocenters. The summed E-state index contributed by atoms with van der Waals surface area (Å²) < 4.78 is 24.9. The average Bonchev–Trinajstić information content (AvgIpc) is 2.98. The second-order valence-electron chi connectivity index (χ2n) is 6.99. The summed E-state index contributed by atoms with van der Waals surface area (Å²) in [5, 5.41) is 0. The number of hydrogen-bond acceptors (Lipinski definition) is 5. The van der Waals surface area contributed by atoms with Crippen molar-refractivity contribution < 1.29 is 8.42 Å². The van der Waals surface area contributed by atoms with E-state index in [1.165, 1.54) is 22.1 Å². The molecule has 1 aromatic heterocycles. The van der Waals surface area contributed by atoms with E-state index in [0.29, 0.717) is 10.9 Å². The molecule has 0 fully saturated rings. The smallest absolute Gasteiger partial charge is 0.175 e. The van der Waals surface area contributed by atoms with Crippen molar-refractivity contribution in [2.75, 3.05) is 19.3 Å². The highest BCUT2D eigenvalue weighted by molar-refractivity contribution is 7.90. The monoisotopic (exact) mass is 386 g/mol. The third kappa shape index (κ3) is 3.41. The Hall–Kier alpha value is -1.76. The van der Waals surface area contributed by atoms with Gasteiger partial charge in [-0.25, -0.2) is 13.4 Å². The van der Waals surface area contributed by atoms with Crippen molar-refractivity contribution >= 4 is 31.4 Å². The summed E-state index contributed by atoms with van der Waals surface area (Å²) in [4.78, 5) is 7.34. The zero-order valence-electron chi connectivity index (χ0n) is 15.0. The van der Waals surface area contributed by atoms with Gasteiger partial charge < -0.3 is 0 Å². The molecule has 3 aromatic rings. The third-order valence-electron chi connectivity index (χ3n) is 5.33. The van der Waals surface area contributed by atoms with E-state index in [9.17, 15) is 8.42 Å². The van der Waals surface area contributed by atoms with Crippen LogP contribution in [0.1, 0.15) is 29.7 Å². The van der Waals surface area contributed by atoms with Crippen LogP contribution in [0.4, 0.5) is 0 Å². The fourth-order valence-corrected chi connectivity index (χ4v) is 5.01. The Morgan fingerprint density at radius 2 is 1.85 bits per heavy atom. The molecule has 1 aliphatic rings. The van der Waals surface area contributed by atoms with Crippen molar-refractivity contribution in [1.82, 2.24) is 9.88 Å². The van der Waals surface area contributed by atoms with Gasteiger partial charge in [-0.2, -0.15) is 0 Å². The van der Waals surface area contributed by atoms with Gasteiger partial charge in [-0.3, -0.25) is 4.90 Å². The first-order valence-corrected chi connectivity index (χ1v) is 11.6. The third-order valence-corrected chi connectivity index (χ3v) is 7.25. The first-order chi connectivity index (χ1) is 12.4. The molecule has 0 aliphatic carbocycles. The molecule has 26 heavy (non-hydrogen) atoms. The van der Waals surface area contributed by atoms with Crippen LogP contribution >= 0.6 is 11.3 Å². The van der Waals surface area contributed by atoms with Crippen molar-refractivity contribution in [1.29, 1.82) is 0 Å². The van der Waals surface area contributed by atoms with Gasteiger partial charge in [0, 0.05) is 25.4 Å². The number of thiazole rings is 1. The Morgan fingerprint density at radius 3 is 2.62 bits per heavy atom. The molecule has 4 rings (SSSR count). The van der Waals surface area contributed by atoms with Crippen molar-refractivity contribution in [2.24, 2.45) is 0 Å². The number of nitrogens with zero attached hydrogens (tertiary/aromatic N) is 2. The predicted molar refractivity (Wildman–Crippen MR) is 107 cm³/mol. The quantitative estimate of drug-likeness (QED) is 0.686. The maximum atomic E-state index is 11.8. The Balaban J connectivity index is 1.56. The molecule has 2 aromatic carbocycles. The topological polar surface area (TPSA) is 50.3 Å². The number of aromatic nitrogens is 1. The van der Waals surface area contributed by atoms with Gasteiger partial charge in [0.15, 0.2) is 9.84 Å². The fraction of sp³-hybridized carbons (Fsp3) is 0.350. The van der Waals surface area contributed by atoms with Crippen LogP contribution in [0.3, 0.4) is 0 Å². The highest BCUT2D eigenvalue weighted by Gasteiger charge is 2.21. The lowest BCUT2D eigenvalue weighted by Crippen LogP contribution is -2.29. The van der Waals surface area contributed by atoms with Gasteiger partial charge >= 0.3 is 0 Å². The van der Waals surface area contributed by atoms with Crippen molar-refractivity contribution in [3.63, 3.8) is 0 Å². The normalized spacial score (nSPS) is 17.0. The number of rotatable bonds is 3. The largest absolute Gasteiger partial charge is 0.296 e. The summed E-state index contributed by atoms with van der Waals surface area (Å²) in [6.07, 6.45) is 3.10. The molecule has 0 spiro atoms. The van der Waals surface area contributed by atoms with E-state index in [-0.39, 0.29) is 0 Å². The van der Waals surface area contributed by atoms with Crippen LogP contribution in [0.15, 0.2) is 46.8 Å². The van der Waals surface area contributed by atoms with Gasteiger partial charge in [0.25, 0.3) is 0 Å².